The number of likely N-dealkylation sites (N-methyl/N-ethyl adjacent to an activating group) is 1. The summed E-state index contributed by atoms with van der Waals surface area (Å²) in [7, 11) is 1.94. The lowest BCUT2D eigenvalue weighted by Gasteiger charge is -2.36. The maximum absolute atomic E-state index is 12.3. The van der Waals surface area contributed by atoms with Crippen LogP contribution in [0.4, 0.5) is 0 Å². The SMILES string of the molecule is CNCC1(C)CCCN1C(=O)C1CCCO1. The summed E-state index contributed by atoms with van der Waals surface area (Å²) in [6, 6.07) is 0. The van der Waals surface area contributed by atoms with Crippen molar-refractivity contribution in [1.29, 1.82) is 0 Å². The Hall–Kier alpha value is -0.610. The minimum absolute atomic E-state index is 0.0161. The fourth-order valence-corrected chi connectivity index (χ4v) is 2.91. The summed E-state index contributed by atoms with van der Waals surface area (Å²) in [5.41, 5.74) is -0.0161. The summed E-state index contributed by atoms with van der Waals surface area (Å²) in [6.07, 6.45) is 3.94. The summed E-state index contributed by atoms with van der Waals surface area (Å²) < 4.78 is 5.49. The molecule has 2 fully saturated rings. The van der Waals surface area contributed by atoms with Gasteiger partial charge < -0.3 is 15.0 Å². The largest absolute Gasteiger partial charge is 0.368 e. The second kappa shape index (κ2) is 4.72. The Balaban J connectivity index is 2.04. The Bertz CT molecular complexity index is 264. The van der Waals surface area contributed by atoms with Gasteiger partial charge in [-0.25, -0.2) is 0 Å². The van der Waals surface area contributed by atoms with Crippen molar-refractivity contribution in [2.45, 2.75) is 44.2 Å². The molecule has 2 aliphatic heterocycles. The zero-order chi connectivity index (χ0) is 11.6. The van der Waals surface area contributed by atoms with E-state index in [1.165, 1.54) is 0 Å². The zero-order valence-corrected chi connectivity index (χ0v) is 10.3. The van der Waals surface area contributed by atoms with Gasteiger partial charge in [0.15, 0.2) is 0 Å². The van der Waals surface area contributed by atoms with Crippen molar-refractivity contribution < 1.29 is 9.53 Å². The van der Waals surface area contributed by atoms with E-state index >= 15 is 0 Å². The molecule has 2 aliphatic rings. The van der Waals surface area contributed by atoms with E-state index in [9.17, 15) is 4.79 Å². The van der Waals surface area contributed by atoms with E-state index in [4.69, 9.17) is 4.74 Å². The predicted molar refractivity (Wildman–Crippen MR) is 62.3 cm³/mol. The van der Waals surface area contributed by atoms with Crippen LogP contribution in [-0.2, 0) is 9.53 Å². The number of amides is 1. The van der Waals surface area contributed by atoms with Gasteiger partial charge in [-0.15, -0.1) is 0 Å². The number of nitrogens with one attached hydrogen (secondary N) is 1. The molecular formula is C12H22N2O2. The number of nitrogens with zero attached hydrogens (tertiary/aromatic N) is 1. The third-order valence-corrected chi connectivity index (χ3v) is 3.78. The first-order chi connectivity index (χ1) is 7.67. The molecule has 2 heterocycles. The minimum atomic E-state index is -0.172. The Labute approximate surface area is 97.3 Å². The van der Waals surface area contributed by atoms with Crippen LogP contribution in [0, 0.1) is 0 Å². The Morgan fingerprint density at radius 3 is 3.00 bits per heavy atom. The number of rotatable bonds is 3. The average molecular weight is 226 g/mol. The molecule has 0 radical (unpaired) electrons. The highest BCUT2D eigenvalue weighted by Gasteiger charge is 2.42. The molecule has 0 bridgehead atoms. The minimum Gasteiger partial charge on any atom is -0.368 e. The highest BCUT2D eigenvalue weighted by atomic mass is 16.5. The second-order valence-corrected chi connectivity index (χ2v) is 5.12. The molecule has 2 saturated heterocycles. The lowest BCUT2D eigenvalue weighted by Crippen LogP contribution is -2.53. The maximum Gasteiger partial charge on any atom is 0.252 e. The van der Waals surface area contributed by atoms with Gasteiger partial charge in [0, 0.05) is 19.7 Å². The summed E-state index contributed by atoms with van der Waals surface area (Å²) in [5.74, 6) is 0.202. The molecule has 4 heteroatoms. The molecule has 16 heavy (non-hydrogen) atoms. The Morgan fingerprint density at radius 2 is 2.38 bits per heavy atom. The van der Waals surface area contributed by atoms with Gasteiger partial charge in [0.1, 0.15) is 6.10 Å². The van der Waals surface area contributed by atoms with Crippen LogP contribution in [0.15, 0.2) is 0 Å². The monoisotopic (exact) mass is 226 g/mol. The van der Waals surface area contributed by atoms with E-state index in [0.717, 1.165) is 45.4 Å². The van der Waals surface area contributed by atoms with Crippen LogP contribution in [-0.4, -0.2) is 49.2 Å². The number of likely N-dealkylation sites (tertiary alicyclic amines) is 1. The second-order valence-electron chi connectivity index (χ2n) is 5.12. The molecule has 0 aromatic heterocycles. The van der Waals surface area contributed by atoms with Crippen molar-refractivity contribution in [1.82, 2.24) is 10.2 Å². The van der Waals surface area contributed by atoms with Crippen LogP contribution in [0.1, 0.15) is 32.6 Å². The third-order valence-electron chi connectivity index (χ3n) is 3.78. The molecule has 92 valence electrons. The normalized spacial score (nSPS) is 34.6. The van der Waals surface area contributed by atoms with Crippen molar-refractivity contribution in [2.24, 2.45) is 0 Å². The van der Waals surface area contributed by atoms with Gasteiger partial charge >= 0.3 is 0 Å². The zero-order valence-electron chi connectivity index (χ0n) is 10.3. The topological polar surface area (TPSA) is 41.6 Å². The molecule has 1 N–H and O–H groups in total. The predicted octanol–water partition coefficient (Wildman–Crippen LogP) is 0.766. The van der Waals surface area contributed by atoms with E-state index in [-0.39, 0.29) is 17.6 Å². The molecule has 4 nitrogen and oxygen atoms in total. The van der Waals surface area contributed by atoms with Crippen molar-refractivity contribution in [3.8, 4) is 0 Å². The van der Waals surface area contributed by atoms with Crippen molar-refractivity contribution in [3.63, 3.8) is 0 Å². The van der Waals surface area contributed by atoms with Gasteiger partial charge in [0.05, 0.1) is 5.54 Å². The Morgan fingerprint density at radius 1 is 1.56 bits per heavy atom. The average Bonchev–Trinajstić information content (AvgIpc) is 2.86. The van der Waals surface area contributed by atoms with Crippen LogP contribution in [0.3, 0.4) is 0 Å². The van der Waals surface area contributed by atoms with Gasteiger partial charge in [0.2, 0.25) is 0 Å². The van der Waals surface area contributed by atoms with Gasteiger partial charge in [-0.3, -0.25) is 4.79 Å². The van der Waals surface area contributed by atoms with E-state index < -0.39 is 0 Å². The summed E-state index contributed by atoms with van der Waals surface area (Å²) in [5, 5.41) is 3.19. The third kappa shape index (κ3) is 2.09. The van der Waals surface area contributed by atoms with E-state index in [1.807, 2.05) is 11.9 Å². The van der Waals surface area contributed by atoms with Crippen LogP contribution >= 0.6 is 0 Å². The molecule has 2 atom stereocenters. The first kappa shape index (κ1) is 11.9. The Kier molecular flexibility index (Phi) is 3.50. The molecule has 2 rings (SSSR count). The lowest BCUT2D eigenvalue weighted by molar-refractivity contribution is -0.144. The first-order valence-corrected chi connectivity index (χ1v) is 6.25. The van der Waals surface area contributed by atoms with Gasteiger partial charge in [-0.05, 0) is 39.7 Å². The molecule has 2 unspecified atom stereocenters. The van der Waals surface area contributed by atoms with Crippen LogP contribution in [0.25, 0.3) is 0 Å². The molecule has 0 spiro atoms. The summed E-state index contributed by atoms with van der Waals surface area (Å²) >= 11 is 0. The molecule has 1 amide bonds. The first-order valence-electron chi connectivity index (χ1n) is 6.25. The summed E-state index contributed by atoms with van der Waals surface area (Å²) in [4.78, 5) is 14.3. The number of ether oxygens (including phenoxy) is 1. The number of hydrogen-bond acceptors (Lipinski definition) is 3. The summed E-state index contributed by atoms with van der Waals surface area (Å²) in [6.45, 7) is 4.67. The fourth-order valence-electron chi connectivity index (χ4n) is 2.91. The van der Waals surface area contributed by atoms with Crippen LogP contribution in [0.2, 0.25) is 0 Å². The number of carbonyl (C=O) groups excluding carboxylic acids is 1. The number of carbonyl (C=O) groups is 1. The highest BCUT2D eigenvalue weighted by molar-refractivity contribution is 5.82. The van der Waals surface area contributed by atoms with Crippen molar-refractivity contribution >= 4 is 5.91 Å². The highest BCUT2D eigenvalue weighted by Crippen LogP contribution is 2.30. The van der Waals surface area contributed by atoms with E-state index in [2.05, 4.69) is 12.2 Å². The van der Waals surface area contributed by atoms with Gasteiger partial charge in [-0.2, -0.15) is 0 Å². The molecule has 0 aliphatic carbocycles. The van der Waals surface area contributed by atoms with E-state index in [0.29, 0.717) is 0 Å². The molecule has 0 saturated carbocycles. The van der Waals surface area contributed by atoms with Gasteiger partial charge in [0.25, 0.3) is 5.91 Å². The molecular weight excluding hydrogens is 204 g/mol. The molecule has 0 aromatic carbocycles. The lowest BCUT2D eigenvalue weighted by atomic mass is 9.98. The molecule has 0 aromatic rings. The van der Waals surface area contributed by atoms with Gasteiger partial charge in [-0.1, -0.05) is 0 Å². The number of hydrogen-bond donors (Lipinski definition) is 1. The smallest absolute Gasteiger partial charge is 0.252 e. The fraction of sp³-hybridized carbons (Fsp3) is 0.917. The van der Waals surface area contributed by atoms with Crippen LogP contribution in [0.5, 0.6) is 0 Å². The standard InChI is InChI=1S/C12H22N2O2/c1-12(9-13-2)6-4-7-14(12)11(15)10-5-3-8-16-10/h10,13H,3-9H2,1-2H3. The maximum atomic E-state index is 12.3. The van der Waals surface area contributed by atoms with Crippen molar-refractivity contribution in [2.75, 3.05) is 26.7 Å². The van der Waals surface area contributed by atoms with Crippen molar-refractivity contribution in [3.05, 3.63) is 0 Å². The van der Waals surface area contributed by atoms with Crippen LogP contribution < -0.4 is 5.32 Å². The van der Waals surface area contributed by atoms with E-state index in [1.54, 1.807) is 0 Å². The quantitative estimate of drug-likeness (QED) is 0.772.